The van der Waals surface area contributed by atoms with Crippen molar-refractivity contribution in [1.82, 2.24) is 0 Å². The minimum Gasteiger partial charge on any atom is -0.460 e. The summed E-state index contributed by atoms with van der Waals surface area (Å²) in [6, 6.07) is 0. The molecule has 0 atom stereocenters. The quantitative estimate of drug-likeness (QED) is 0.364. The van der Waals surface area contributed by atoms with Crippen LogP contribution in [0.1, 0.15) is 59.8 Å². The van der Waals surface area contributed by atoms with E-state index in [0.29, 0.717) is 0 Å². The maximum atomic E-state index is 11.3. The summed E-state index contributed by atoms with van der Waals surface area (Å²) in [5.74, 6) is -0.210. The average molecular weight is 212 g/mol. The highest BCUT2D eigenvalue weighted by Gasteiger charge is 2.01. The lowest BCUT2D eigenvalue weighted by molar-refractivity contribution is -0.141. The van der Waals surface area contributed by atoms with E-state index in [9.17, 15) is 4.79 Å². The van der Waals surface area contributed by atoms with Crippen LogP contribution in [0.2, 0.25) is 0 Å². The summed E-state index contributed by atoms with van der Waals surface area (Å²) in [4.78, 5) is 11.3. The molecule has 0 aliphatic rings. The number of carbonyl (C=O) groups is 1. The van der Waals surface area contributed by atoms with Crippen molar-refractivity contribution in [2.75, 3.05) is 0 Å². The molecule has 88 valence electrons. The van der Waals surface area contributed by atoms with Gasteiger partial charge in [-0.25, -0.2) is 4.79 Å². The van der Waals surface area contributed by atoms with Gasteiger partial charge in [-0.3, -0.25) is 0 Å². The summed E-state index contributed by atoms with van der Waals surface area (Å²) in [5.41, 5.74) is 1.12. The third kappa shape index (κ3) is 9.51. The molecule has 0 saturated heterocycles. The van der Waals surface area contributed by atoms with Gasteiger partial charge in [0.1, 0.15) is 0 Å². The topological polar surface area (TPSA) is 26.3 Å². The fourth-order valence-corrected chi connectivity index (χ4v) is 1.37. The lowest BCUT2D eigenvalue weighted by atomic mass is 10.1. The molecular weight excluding hydrogens is 188 g/mol. The predicted octanol–water partition coefficient (Wildman–Crippen LogP) is 3.85. The molecule has 0 aromatic heterocycles. The van der Waals surface area contributed by atoms with Crippen LogP contribution in [0.3, 0.4) is 0 Å². The van der Waals surface area contributed by atoms with Gasteiger partial charge in [0.2, 0.25) is 0 Å². The molecule has 0 radical (unpaired) electrons. The van der Waals surface area contributed by atoms with Gasteiger partial charge in [-0.2, -0.15) is 0 Å². The van der Waals surface area contributed by atoms with Crippen molar-refractivity contribution >= 4 is 5.97 Å². The van der Waals surface area contributed by atoms with Gasteiger partial charge >= 0.3 is 5.97 Å². The zero-order valence-electron chi connectivity index (χ0n) is 10.5. The summed E-state index contributed by atoms with van der Waals surface area (Å²) in [5, 5.41) is 0. The molecule has 0 heterocycles. The summed E-state index contributed by atoms with van der Waals surface area (Å²) >= 11 is 0. The average Bonchev–Trinajstić information content (AvgIpc) is 2.10. The molecule has 0 aliphatic carbocycles. The van der Waals surface area contributed by atoms with E-state index < -0.39 is 0 Å². The zero-order chi connectivity index (χ0) is 11.7. The van der Waals surface area contributed by atoms with Crippen molar-refractivity contribution in [1.29, 1.82) is 0 Å². The van der Waals surface area contributed by atoms with Gasteiger partial charge in [-0.05, 0) is 33.6 Å². The SMILES string of the molecule is CCCCCC/C(C)=C/C(=O)OC(C)C. The van der Waals surface area contributed by atoms with E-state index in [1.165, 1.54) is 25.7 Å². The first kappa shape index (κ1) is 14.2. The Morgan fingerprint density at radius 3 is 2.47 bits per heavy atom. The summed E-state index contributed by atoms with van der Waals surface area (Å²) in [6.07, 6.45) is 7.55. The van der Waals surface area contributed by atoms with E-state index in [1.807, 2.05) is 20.8 Å². The monoisotopic (exact) mass is 212 g/mol. The number of carbonyl (C=O) groups excluding carboxylic acids is 1. The summed E-state index contributed by atoms with van der Waals surface area (Å²) in [7, 11) is 0. The Labute approximate surface area is 93.7 Å². The van der Waals surface area contributed by atoms with Crippen molar-refractivity contribution in [3.63, 3.8) is 0 Å². The van der Waals surface area contributed by atoms with Crippen molar-refractivity contribution in [3.05, 3.63) is 11.6 Å². The van der Waals surface area contributed by atoms with E-state index in [2.05, 4.69) is 6.92 Å². The highest BCUT2D eigenvalue weighted by molar-refractivity contribution is 5.82. The van der Waals surface area contributed by atoms with Crippen molar-refractivity contribution in [3.8, 4) is 0 Å². The lowest BCUT2D eigenvalue weighted by Gasteiger charge is -2.05. The van der Waals surface area contributed by atoms with Crippen LogP contribution in [0, 0.1) is 0 Å². The molecule has 0 saturated carbocycles. The number of esters is 1. The van der Waals surface area contributed by atoms with Gasteiger partial charge in [0.05, 0.1) is 6.10 Å². The Kier molecular flexibility index (Phi) is 8.06. The third-order valence-electron chi connectivity index (χ3n) is 2.14. The normalized spacial score (nSPS) is 11.9. The van der Waals surface area contributed by atoms with E-state index in [0.717, 1.165) is 12.0 Å². The van der Waals surface area contributed by atoms with Crippen LogP contribution >= 0.6 is 0 Å². The molecule has 0 aromatic carbocycles. The molecule has 15 heavy (non-hydrogen) atoms. The Morgan fingerprint density at radius 1 is 1.27 bits per heavy atom. The minimum atomic E-state index is -0.210. The third-order valence-corrected chi connectivity index (χ3v) is 2.14. The van der Waals surface area contributed by atoms with Gasteiger partial charge in [-0.15, -0.1) is 0 Å². The molecule has 0 aromatic rings. The molecular formula is C13H24O2. The maximum Gasteiger partial charge on any atom is 0.330 e. The lowest BCUT2D eigenvalue weighted by Crippen LogP contribution is -2.08. The summed E-state index contributed by atoms with van der Waals surface area (Å²) in [6.45, 7) is 7.92. The molecule has 0 spiro atoms. The standard InChI is InChI=1S/C13H24O2/c1-5-6-7-8-9-12(4)10-13(14)15-11(2)3/h10-11H,5-9H2,1-4H3/b12-10+. The molecule has 0 N–H and O–H groups in total. The molecule has 0 bridgehead atoms. The number of allylic oxidation sites excluding steroid dienone is 1. The van der Waals surface area contributed by atoms with Crippen LogP contribution in [0.5, 0.6) is 0 Å². The molecule has 0 aliphatic heterocycles. The molecule has 0 fully saturated rings. The van der Waals surface area contributed by atoms with E-state index >= 15 is 0 Å². The number of rotatable bonds is 7. The summed E-state index contributed by atoms with van der Waals surface area (Å²) < 4.78 is 5.03. The molecule has 0 amide bonds. The largest absolute Gasteiger partial charge is 0.460 e. The highest BCUT2D eigenvalue weighted by atomic mass is 16.5. The maximum absolute atomic E-state index is 11.3. The Balaban J connectivity index is 3.72. The van der Waals surface area contributed by atoms with Crippen LogP contribution in [-0.4, -0.2) is 12.1 Å². The number of unbranched alkanes of at least 4 members (excludes halogenated alkanes) is 3. The van der Waals surface area contributed by atoms with Gasteiger partial charge in [0.25, 0.3) is 0 Å². The second-order valence-electron chi connectivity index (χ2n) is 4.29. The van der Waals surface area contributed by atoms with E-state index in [1.54, 1.807) is 6.08 Å². The minimum absolute atomic E-state index is 0.0263. The zero-order valence-corrected chi connectivity index (χ0v) is 10.5. The molecule has 0 unspecified atom stereocenters. The molecule has 2 heteroatoms. The van der Waals surface area contributed by atoms with Crippen LogP contribution in [0.15, 0.2) is 11.6 Å². The highest BCUT2D eigenvalue weighted by Crippen LogP contribution is 2.09. The second kappa shape index (κ2) is 8.51. The number of ether oxygens (including phenoxy) is 1. The predicted molar refractivity (Wildman–Crippen MR) is 63.7 cm³/mol. The first-order valence-corrected chi connectivity index (χ1v) is 5.94. The van der Waals surface area contributed by atoms with Crippen LogP contribution in [-0.2, 0) is 9.53 Å². The van der Waals surface area contributed by atoms with Crippen LogP contribution in [0.25, 0.3) is 0 Å². The Morgan fingerprint density at radius 2 is 1.93 bits per heavy atom. The van der Waals surface area contributed by atoms with Gasteiger partial charge in [0, 0.05) is 6.08 Å². The van der Waals surface area contributed by atoms with Crippen LogP contribution in [0.4, 0.5) is 0 Å². The number of hydrogen-bond donors (Lipinski definition) is 0. The first-order valence-electron chi connectivity index (χ1n) is 5.94. The molecule has 0 rings (SSSR count). The smallest absolute Gasteiger partial charge is 0.330 e. The molecule has 2 nitrogen and oxygen atoms in total. The van der Waals surface area contributed by atoms with Gasteiger partial charge in [0.15, 0.2) is 0 Å². The van der Waals surface area contributed by atoms with Crippen molar-refractivity contribution in [2.24, 2.45) is 0 Å². The first-order chi connectivity index (χ1) is 7.06. The van der Waals surface area contributed by atoms with E-state index in [4.69, 9.17) is 4.74 Å². The fourth-order valence-electron chi connectivity index (χ4n) is 1.37. The number of hydrogen-bond acceptors (Lipinski definition) is 2. The Hall–Kier alpha value is -0.790. The fraction of sp³-hybridized carbons (Fsp3) is 0.769. The van der Waals surface area contributed by atoms with Crippen LogP contribution < -0.4 is 0 Å². The van der Waals surface area contributed by atoms with Gasteiger partial charge in [-0.1, -0.05) is 31.8 Å². The van der Waals surface area contributed by atoms with Crippen molar-refractivity contribution in [2.45, 2.75) is 65.9 Å². The van der Waals surface area contributed by atoms with Crippen molar-refractivity contribution < 1.29 is 9.53 Å². The Bertz CT molecular complexity index is 205. The van der Waals surface area contributed by atoms with Gasteiger partial charge < -0.3 is 4.74 Å². The second-order valence-corrected chi connectivity index (χ2v) is 4.29. The van der Waals surface area contributed by atoms with E-state index in [-0.39, 0.29) is 12.1 Å².